The van der Waals surface area contributed by atoms with E-state index in [1.807, 2.05) is 26.0 Å². The van der Waals surface area contributed by atoms with Crippen molar-refractivity contribution in [2.45, 2.75) is 26.9 Å². The standard InChI is InChI=1S/C19H20ClNO4/c1-11-8-15(9-12(2)18(11)20)25-13(3)19(22)21-14-4-5-16-17(10-14)24-7-6-23-16/h4-5,8-10,13H,6-7H2,1-3H3,(H,21,22). The van der Waals surface area contributed by atoms with E-state index in [1.165, 1.54) is 0 Å². The number of nitrogens with one attached hydrogen (secondary N) is 1. The minimum atomic E-state index is -0.659. The number of aryl methyl sites for hydroxylation is 2. The Balaban J connectivity index is 1.67. The zero-order chi connectivity index (χ0) is 18.0. The summed E-state index contributed by atoms with van der Waals surface area (Å²) in [5.74, 6) is 1.67. The second-order valence-electron chi connectivity index (χ2n) is 5.98. The number of fused-ring (bicyclic) bond motifs is 1. The van der Waals surface area contributed by atoms with Gasteiger partial charge in [-0.05, 0) is 56.2 Å². The molecule has 0 aromatic heterocycles. The zero-order valence-electron chi connectivity index (χ0n) is 14.4. The first-order valence-electron chi connectivity index (χ1n) is 8.08. The maximum absolute atomic E-state index is 12.4. The molecule has 1 atom stereocenters. The first-order chi connectivity index (χ1) is 11.9. The number of rotatable bonds is 4. The number of halogens is 1. The van der Waals surface area contributed by atoms with Crippen LogP contribution in [0, 0.1) is 13.8 Å². The third-order valence-corrected chi connectivity index (χ3v) is 4.50. The van der Waals surface area contributed by atoms with E-state index < -0.39 is 6.10 Å². The molecule has 1 aliphatic heterocycles. The highest BCUT2D eigenvalue weighted by atomic mass is 35.5. The van der Waals surface area contributed by atoms with Gasteiger partial charge in [-0.1, -0.05) is 11.6 Å². The van der Waals surface area contributed by atoms with Crippen LogP contribution in [-0.4, -0.2) is 25.2 Å². The molecule has 0 spiro atoms. The molecule has 0 bridgehead atoms. The van der Waals surface area contributed by atoms with E-state index in [0.717, 1.165) is 11.1 Å². The molecule has 3 rings (SSSR count). The number of hydrogen-bond donors (Lipinski definition) is 1. The Morgan fingerprint density at radius 2 is 1.76 bits per heavy atom. The van der Waals surface area contributed by atoms with E-state index in [-0.39, 0.29) is 5.91 Å². The largest absolute Gasteiger partial charge is 0.486 e. The SMILES string of the molecule is Cc1cc(OC(C)C(=O)Nc2ccc3c(c2)OCCO3)cc(C)c1Cl. The van der Waals surface area contributed by atoms with E-state index in [4.69, 9.17) is 25.8 Å². The second-order valence-corrected chi connectivity index (χ2v) is 6.36. The summed E-state index contributed by atoms with van der Waals surface area (Å²) in [5.41, 5.74) is 2.46. The summed E-state index contributed by atoms with van der Waals surface area (Å²) in [4.78, 5) is 12.4. The van der Waals surface area contributed by atoms with Gasteiger partial charge in [0.05, 0.1) is 0 Å². The first-order valence-corrected chi connectivity index (χ1v) is 8.46. The minimum absolute atomic E-state index is 0.248. The smallest absolute Gasteiger partial charge is 0.265 e. The molecule has 132 valence electrons. The Bertz CT molecular complexity index is 783. The molecule has 5 nitrogen and oxygen atoms in total. The lowest BCUT2D eigenvalue weighted by Gasteiger charge is -2.20. The Hall–Kier alpha value is -2.40. The number of amides is 1. The van der Waals surface area contributed by atoms with Gasteiger partial charge in [0.25, 0.3) is 5.91 Å². The van der Waals surface area contributed by atoms with Crippen molar-refractivity contribution in [2.75, 3.05) is 18.5 Å². The fourth-order valence-corrected chi connectivity index (χ4v) is 2.71. The number of hydrogen-bond acceptors (Lipinski definition) is 4. The van der Waals surface area contributed by atoms with Gasteiger partial charge in [-0.25, -0.2) is 0 Å². The molecule has 0 fully saturated rings. The van der Waals surface area contributed by atoms with Crippen molar-refractivity contribution < 1.29 is 19.0 Å². The van der Waals surface area contributed by atoms with Crippen LogP contribution in [0.1, 0.15) is 18.1 Å². The van der Waals surface area contributed by atoms with Crippen LogP contribution in [0.4, 0.5) is 5.69 Å². The number of anilines is 1. The van der Waals surface area contributed by atoms with Crippen molar-refractivity contribution in [1.29, 1.82) is 0 Å². The average Bonchev–Trinajstić information content (AvgIpc) is 2.59. The van der Waals surface area contributed by atoms with Crippen molar-refractivity contribution in [1.82, 2.24) is 0 Å². The zero-order valence-corrected chi connectivity index (χ0v) is 15.1. The third kappa shape index (κ3) is 3.99. The van der Waals surface area contributed by atoms with Crippen LogP contribution in [0.15, 0.2) is 30.3 Å². The van der Waals surface area contributed by atoms with Gasteiger partial charge in [0.1, 0.15) is 19.0 Å². The molecule has 0 radical (unpaired) electrons. The molecule has 1 N–H and O–H groups in total. The Morgan fingerprint density at radius 3 is 2.44 bits per heavy atom. The van der Waals surface area contributed by atoms with E-state index in [2.05, 4.69) is 5.32 Å². The molecule has 6 heteroatoms. The summed E-state index contributed by atoms with van der Waals surface area (Å²) in [6.45, 7) is 6.54. The van der Waals surface area contributed by atoms with Gasteiger partial charge in [0, 0.05) is 16.8 Å². The quantitative estimate of drug-likeness (QED) is 0.889. The molecule has 0 aliphatic carbocycles. The molecule has 1 heterocycles. The van der Waals surface area contributed by atoms with Crippen molar-refractivity contribution in [3.8, 4) is 17.2 Å². The summed E-state index contributed by atoms with van der Waals surface area (Å²) >= 11 is 6.16. The van der Waals surface area contributed by atoms with Gasteiger partial charge < -0.3 is 19.5 Å². The Kier molecular flexibility index (Phi) is 5.04. The number of carbonyl (C=O) groups excluding carboxylic acids is 1. The van der Waals surface area contributed by atoms with Crippen molar-refractivity contribution in [3.05, 3.63) is 46.5 Å². The Labute approximate surface area is 151 Å². The molecule has 1 amide bonds. The normalized spacial score (nSPS) is 13.9. The van der Waals surface area contributed by atoms with Crippen molar-refractivity contribution in [3.63, 3.8) is 0 Å². The van der Waals surface area contributed by atoms with Gasteiger partial charge in [0.2, 0.25) is 0 Å². The molecular weight excluding hydrogens is 342 g/mol. The number of ether oxygens (including phenoxy) is 3. The van der Waals surface area contributed by atoms with E-state index in [9.17, 15) is 4.79 Å². The van der Waals surface area contributed by atoms with Crippen LogP contribution in [-0.2, 0) is 4.79 Å². The molecule has 1 aliphatic rings. The number of carbonyl (C=O) groups is 1. The van der Waals surface area contributed by atoms with E-state index >= 15 is 0 Å². The van der Waals surface area contributed by atoms with Crippen LogP contribution < -0.4 is 19.5 Å². The summed E-state index contributed by atoms with van der Waals surface area (Å²) in [6.07, 6.45) is -0.659. The van der Waals surface area contributed by atoms with Gasteiger partial charge >= 0.3 is 0 Å². The molecule has 1 unspecified atom stereocenters. The second kappa shape index (κ2) is 7.23. The van der Waals surface area contributed by atoms with Crippen LogP contribution in [0.25, 0.3) is 0 Å². The van der Waals surface area contributed by atoms with Crippen LogP contribution >= 0.6 is 11.6 Å². The molecule has 25 heavy (non-hydrogen) atoms. The fourth-order valence-electron chi connectivity index (χ4n) is 2.60. The summed E-state index contributed by atoms with van der Waals surface area (Å²) in [5, 5.41) is 3.54. The van der Waals surface area contributed by atoms with Gasteiger partial charge in [-0.15, -0.1) is 0 Å². The van der Waals surface area contributed by atoms with Crippen LogP contribution in [0.5, 0.6) is 17.2 Å². The van der Waals surface area contributed by atoms with E-state index in [0.29, 0.717) is 41.2 Å². The lowest BCUT2D eigenvalue weighted by molar-refractivity contribution is -0.122. The lowest BCUT2D eigenvalue weighted by atomic mass is 10.1. The lowest BCUT2D eigenvalue weighted by Crippen LogP contribution is -2.30. The highest BCUT2D eigenvalue weighted by Crippen LogP contribution is 2.32. The Morgan fingerprint density at radius 1 is 1.12 bits per heavy atom. The van der Waals surface area contributed by atoms with Crippen molar-refractivity contribution >= 4 is 23.2 Å². The third-order valence-electron chi connectivity index (χ3n) is 3.90. The molecule has 2 aromatic rings. The van der Waals surface area contributed by atoms with Gasteiger partial charge in [-0.3, -0.25) is 4.79 Å². The topological polar surface area (TPSA) is 56.8 Å². The maximum atomic E-state index is 12.4. The molecule has 0 saturated carbocycles. The van der Waals surface area contributed by atoms with Crippen molar-refractivity contribution in [2.24, 2.45) is 0 Å². The first kappa shape index (κ1) is 17.4. The predicted molar refractivity (Wildman–Crippen MR) is 97.1 cm³/mol. The molecule has 2 aromatic carbocycles. The monoisotopic (exact) mass is 361 g/mol. The molecule has 0 saturated heterocycles. The van der Waals surface area contributed by atoms with Gasteiger partial charge in [0.15, 0.2) is 17.6 Å². The minimum Gasteiger partial charge on any atom is -0.486 e. The highest BCUT2D eigenvalue weighted by Gasteiger charge is 2.18. The summed E-state index contributed by atoms with van der Waals surface area (Å²) in [7, 11) is 0. The molecular formula is C19H20ClNO4. The highest BCUT2D eigenvalue weighted by molar-refractivity contribution is 6.32. The van der Waals surface area contributed by atoms with Crippen LogP contribution in [0.2, 0.25) is 5.02 Å². The fraction of sp³-hybridized carbons (Fsp3) is 0.316. The number of benzene rings is 2. The summed E-state index contributed by atoms with van der Waals surface area (Å²) in [6, 6.07) is 8.94. The average molecular weight is 362 g/mol. The van der Waals surface area contributed by atoms with Gasteiger partial charge in [-0.2, -0.15) is 0 Å². The van der Waals surface area contributed by atoms with E-state index in [1.54, 1.807) is 25.1 Å². The maximum Gasteiger partial charge on any atom is 0.265 e. The van der Waals surface area contributed by atoms with Crippen LogP contribution in [0.3, 0.4) is 0 Å². The predicted octanol–water partition coefficient (Wildman–Crippen LogP) is 4.13. The summed E-state index contributed by atoms with van der Waals surface area (Å²) < 4.78 is 16.7.